The van der Waals surface area contributed by atoms with E-state index in [-0.39, 0.29) is 22.3 Å². The van der Waals surface area contributed by atoms with Gasteiger partial charge in [0.05, 0.1) is 10.6 Å². The van der Waals surface area contributed by atoms with Gasteiger partial charge in [-0.25, -0.2) is 8.42 Å². The highest BCUT2D eigenvalue weighted by molar-refractivity contribution is 7.99. The molecular weight excluding hydrogens is 432 g/mol. The molecule has 0 unspecified atom stereocenters. The van der Waals surface area contributed by atoms with Gasteiger partial charge in [0.2, 0.25) is 5.91 Å². The number of sulfone groups is 1. The van der Waals surface area contributed by atoms with Crippen LogP contribution in [-0.2, 0) is 26.9 Å². The molecule has 0 saturated heterocycles. The zero-order valence-corrected chi connectivity index (χ0v) is 18.0. The number of carbonyl (C=O) groups is 1. The van der Waals surface area contributed by atoms with E-state index in [9.17, 15) is 13.2 Å². The molecule has 2 aromatic carbocycles. The van der Waals surface area contributed by atoms with E-state index in [1.165, 1.54) is 11.8 Å². The summed E-state index contributed by atoms with van der Waals surface area (Å²) in [7, 11) is -3.53. The fourth-order valence-corrected chi connectivity index (χ4v) is 4.83. The Morgan fingerprint density at radius 1 is 1.10 bits per heavy atom. The van der Waals surface area contributed by atoms with Crippen LogP contribution in [0, 0.1) is 0 Å². The minimum atomic E-state index is -3.53. The molecule has 0 spiro atoms. The molecule has 0 aliphatic heterocycles. The first kappa shape index (κ1) is 21.4. The fourth-order valence-electron chi connectivity index (χ4n) is 2.59. The predicted octanol–water partition coefficient (Wildman–Crippen LogP) is 3.66. The van der Waals surface area contributed by atoms with Crippen LogP contribution in [0.15, 0.2) is 64.6 Å². The fraction of sp³-hybridized carbons (Fsp3) is 0.211. The predicted molar refractivity (Wildman–Crippen MR) is 114 cm³/mol. The average Bonchev–Trinajstić information content (AvgIpc) is 3.09. The second kappa shape index (κ2) is 9.43. The highest BCUT2D eigenvalue weighted by Crippen LogP contribution is 2.21. The molecule has 0 bridgehead atoms. The third kappa shape index (κ3) is 5.59. The number of anilines is 1. The van der Waals surface area contributed by atoms with E-state index in [0.29, 0.717) is 28.2 Å². The summed E-state index contributed by atoms with van der Waals surface area (Å²) >= 11 is 7.03. The van der Waals surface area contributed by atoms with Gasteiger partial charge in [-0.1, -0.05) is 41.6 Å². The highest BCUT2D eigenvalue weighted by atomic mass is 35.5. The van der Waals surface area contributed by atoms with Gasteiger partial charge >= 0.3 is 0 Å². The normalized spacial score (nSPS) is 11.4. The van der Waals surface area contributed by atoms with Crippen molar-refractivity contribution in [3.63, 3.8) is 0 Å². The van der Waals surface area contributed by atoms with Crippen LogP contribution in [0.1, 0.15) is 12.7 Å². The number of amides is 1. The van der Waals surface area contributed by atoms with Gasteiger partial charge in [-0.15, -0.1) is 10.2 Å². The van der Waals surface area contributed by atoms with Gasteiger partial charge in [-0.3, -0.25) is 4.79 Å². The molecule has 0 fully saturated rings. The third-order valence-corrected chi connectivity index (χ3v) is 6.84. The van der Waals surface area contributed by atoms with Gasteiger partial charge < -0.3 is 9.88 Å². The first-order valence-electron chi connectivity index (χ1n) is 8.77. The summed E-state index contributed by atoms with van der Waals surface area (Å²) < 4.78 is 26.9. The maximum absolute atomic E-state index is 12.6. The lowest BCUT2D eigenvalue weighted by Gasteiger charge is -2.08. The van der Waals surface area contributed by atoms with Crippen molar-refractivity contribution >= 4 is 44.8 Å². The molecule has 7 nitrogen and oxygen atoms in total. The number of thioether (sulfide) groups is 1. The van der Waals surface area contributed by atoms with E-state index in [1.54, 1.807) is 59.2 Å². The SMILES string of the molecule is CCn1c(CS(=O)(=O)c2ccccc2)nnc1SCC(=O)Nc1ccc(Cl)cc1. The standard InChI is InChI=1S/C19H19ClN4O3S2/c1-2-24-17(13-29(26,27)16-6-4-3-5-7-16)22-23-19(24)28-12-18(25)21-15-10-8-14(20)9-11-15/h3-11H,2,12-13H2,1H3,(H,21,25). The summed E-state index contributed by atoms with van der Waals surface area (Å²) in [5.41, 5.74) is 0.645. The Labute approximate surface area is 178 Å². The third-order valence-electron chi connectivity index (χ3n) is 3.99. The lowest BCUT2D eigenvalue weighted by atomic mass is 10.3. The minimum absolute atomic E-state index is 0.117. The number of nitrogens with one attached hydrogen (secondary N) is 1. The Hall–Kier alpha value is -2.36. The molecule has 0 aliphatic carbocycles. The van der Waals surface area contributed by atoms with Gasteiger partial charge in [0.25, 0.3) is 0 Å². The summed E-state index contributed by atoms with van der Waals surface area (Å²) in [6, 6.07) is 15.0. The number of carbonyl (C=O) groups excluding carboxylic acids is 1. The van der Waals surface area contributed by atoms with Crippen LogP contribution in [0.3, 0.4) is 0 Å². The molecular formula is C19H19ClN4O3S2. The van der Waals surface area contributed by atoms with Crippen molar-refractivity contribution in [2.75, 3.05) is 11.1 Å². The van der Waals surface area contributed by atoms with Crippen LogP contribution in [0.2, 0.25) is 5.02 Å². The quantitative estimate of drug-likeness (QED) is 0.526. The Morgan fingerprint density at radius 3 is 2.45 bits per heavy atom. The van der Waals surface area contributed by atoms with Gasteiger partial charge in [0, 0.05) is 17.3 Å². The zero-order chi connectivity index (χ0) is 20.9. The van der Waals surface area contributed by atoms with Crippen LogP contribution in [0.5, 0.6) is 0 Å². The molecule has 152 valence electrons. The summed E-state index contributed by atoms with van der Waals surface area (Å²) in [6.45, 7) is 2.37. The van der Waals surface area contributed by atoms with Crippen LogP contribution in [0.25, 0.3) is 0 Å². The first-order chi connectivity index (χ1) is 13.9. The second-order valence-corrected chi connectivity index (χ2v) is 9.43. The maximum atomic E-state index is 12.6. The van der Waals surface area contributed by atoms with Crippen LogP contribution in [-0.4, -0.2) is 34.8 Å². The topological polar surface area (TPSA) is 93.9 Å². The molecule has 1 amide bonds. The number of hydrogen-bond donors (Lipinski definition) is 1. The molecule has 1 aromatic heterocycles. The molecule has 0 atom stereocenters. The number of rotatable bonds is 8. The highest BCUT2D eigenvalue weighted by Gasteiger charge is 2.21. The zero-order valence-electron chi connectivity index (χ0n) is 15.6. The minimum Gasteiger partial charge on any atom is -0.325 e. The average molecular weight is 451 g/mol. The molecule has 10 heteroatoms. The van der Waals surface area contributed by atoms with E-state index in [2.05, 4.69) is 15.5 Å². The van der Waals surface area contributed by atoms with Gasteiger partial charge in [-0.2, -0.15) is 0 Å². The van der Waals surface area contributed by atoms with E-state index < -0.39 is 9.84 Å². The number of aromatic nitrogens is 3. The Balaban J connectivity index is 1.66. The molecule has 1 heterocycles. The van der Waals surface area contributed by atoms with Gasteiger partial charge in [0.1, 0.15) is 11.6 Å². The molecule has 29 heavy (non-hydrogen) atoms. The number of nitrogens with zero attached hydrogens (tertiary/aromatic N) is 3. The van der Waals surface area contributed by atoms with Crippen LogP contribution in [0.4, 0.5) is 5.69 Å². The Bertz CT molecular complexity index is 1080. The maximum Gasteiger partial charge on any atom is 0.234 e. The monoisotopic (exact) mass is 450 g/mol. The first-order valence-corrected chi connectivity index (χ1v) is 11.8. The van der Waals surface area contributed by atoms with Gasteiger partial charge in [-0.05, 0) is 43.3 Å². The van der Waals surface area contributed by atoms with E-state index in [4.69, 9.17) is 11.6 Å². The summed E-state index contributed by atoms with van der Waals surface area (Å²) in [4.78, 5) is 12.4. The molecule has 3 aromatic rings. The number of hydrogen-bond acceptors (Lipinski definition) is 6. The summed E-state index contributed by atoms with van der Waals surface area (Å²) in [6.07, 6.45) is 0. The Morgan fingerprint density at radius 2 is 1.79 bits per heavy atom. The van der Waals surface area contributed by atoms with Crippen molar-refractivity contribution in [1.29, 1.82) is 0 Å². The molecule has 0 aliphatic rings. The van der Waals surface area contributed by atoms with E-state index in [0.717, 1.165) is 0 Å². The molecule has 0 radical (unpaired) electrons. The largest absolute Gasteiger partial charge is 0.325 e. The van der Waals surface area contributed by atoms with Crippen molar-refractivity contribution in [3.8, 4) is 0 Å². The van der Waals surface area contributed by atoms with Crippen LogP contribution >= 0.6 is 23.4 Å². The van der Waals surface area contributed by atoms with Crippen molar-refractivity contribution < 1.29 is 13.2 Å². The smallest absolute Gasteiger partial charge is 0.234 e. The second-order valence-electron chi connectivity index (χ2n) is 6.06. The lowest BCUT2D eigenvalue weighted by Crippen LogP contribution is -2.15. The molecule has 1 N–H and O–H groups in total. The van der Waals surface area contributed by atoms with Gasteiger partial charge in [0.15, 0.2) is 15.0 Å². The molecule has 3 rings (SSSR count). The van der Waals surface area contributed by atoms with Crippen molar-refractivity contribution in [1.82, 2.24) is 14.8 Å². The van der Waals surface area contributed by atoms with Crippen molar-refractivity contribution in [2.24, 2.45) is 0 Å². The summed E-state index contributed by atoms with van der Waals surface area (Å²) in [5.74, 6) is 0.0000809. The van der Waals surface area contributed by atoms with Crippen LogP contribution < -0.4 is 5.32 Å². The summed E-state index contributed by atoms with van der Waals surface area (Å²) in [5, 5.41) is 12.0. The number of benzene rings is 2. The molecule has 0 saturated carbocycles. The lowest BCUT2D eigenvalue weighted by molar-refractivity contribution is -0.113. The van der Waals surface area contributed by atoms with Crippen molar-refractivity contribution in [3.05, 3.63) is 65.4 Å². The van der Waals surface area contributed by atoms with Crippen molar-refractivity contribution in [2.45, 2.75) is 29.3 Å². The Kier molecular flexibility index (Phi) is 6.94. The number of halogens is 1. The van der Waals surface area contributed by atoms with E-state index >= 15 is 0 Å². The van der Waals surface area contributed by atoms with E-state index in [1.807, 2.05) is 6.92 Å².